The van der Waals surface area contributed by atoms with E-state index in [9.17, 15) is 24.5 Å². The Hall–Kier alpha value is -4.73. The van der Waals surface area contributed by atoms with Crippen molar-refractivity contribution in [2.75, 3.05) is 19.0 Å². The molecule has 0 aliphatic rings. The summed E-state index contributed by atoms with van der Waals surface area (Å²) in [4.78, 5) is 45.6. The van der Waals surface area contributed by atoms with E-state index in [-0.39, 0.29) is 29.3 Å². The summed E-state index contributed by atoms with van der Waals surface area (Å²) in [5.74, 6) is 0.393. The van der Waals surface area contributed by atoms with Crippen molar-refractivity contribution in [1.82, 2.24) is 5.32 Å². The standard InChI is InChI=1S/C24H21N3O7/c1-15-11-19(8-10-22(15)27(31)32)33-14-23(29)26-17-3-5-18(6-4-17)34-20-7-9-21(24(30)25-2)16(12-20)13-28/h3-13H,14H2,1-2H3,(H,25,30)(H,26,29). The van der Waals surface area contributed by atoms with Gasteiger partial charge in [0.1, 0.15) is 17.2 Å². The third-order valence-electron chi connectivity index (χ3n) is 4.73. The van der Waals surface area contributed by atoms with Gasteiger partial charge < -0.3 is 20.1 Å². The lowest BCUT2D eigenvalue weighted by atomic mass is 10.1. The molecular formula is C24H21N3O7. The van der Waals surface area contributed by atoms with Crippen molar-refractivity contribution < 1.29 is 28.8 Å². The monoisotopic (exact) mass is 463 g/mol. The van der Waals surface area contributed by atoms with Crippen LogP contribution in [0.25, 0.3) is 0 Å². The quantitative estimate of drug-likeness (QED) is 0.279. The molecule has 0 fully saturated rings. The van der Waals surface area contributed by atoms with Crippen molar-refractivity contribution in [1.29, 1.82) is 0 Å². The second-order valence-electron chi connectivity index (χ2n) is 7.11. The first-order valence-corrected chi connectivity index (χ1v) is 10.1. The number of amides is 2. The maximum atomic E-state index is 12.2. The number of hydrogen-bond donors (Lipinski definition) is 2. The summed E-state index contributed by atoms with van der Waals surface area (Å²) in [6.45, 7) is 1.31. The van der Waals surface area contributed by atoms with Crippen molar-refractivity contribution in [2.45, 2.75) is 6.92 Å². The van der Waals surface area contributed by atoms with E-state index in [2.05, 4.69) is 10.6 Å². The van der Waals surface area contributed by atoms with Gasteiger partial charge in [0.25, 0.3) is 17.5 Å². The molecule has 3 aromatic rings. The minimum atomic E-state index is -0.486. The predicted octanol–water partition coefficient (Wildman–Crippen LogP) is 3.89. The maximum Gasteiger partial charge on any atom is 0.272 e. The number of hydrogen-bond acceptors (Lipinski definition) is 7. The van der Waals surface area contributed by atoms with E-state index in [1.807, 2.05) is 0 Å². The number of rotatable bonds is 9. The second kappa shape index (κ2) is 10.7. The number of ether oxygens (including phenoxy) is 2. The Morgan fingerprint density at radius 2 is 1.68 bits per heavy atom. The van der Waals surface area contributed by atoms with E-state index in [1.54, 1.807) is 37.3 Å². The van der Waals surface area contributed by atoms with Crippen molar-refractivity contribution >= 4 is 29.5 Å². The fourth-order valence-corrected chi connectivity index (χ4v) is 3.05. The van der Waals surface area contributed by atoms with Crippen LogP contribution in [-0.4, -0.2) is 36.7 Å². The molecule has 0 bridgehead atoms. The summed E-state index contributed by atoms with van der Waals surface area (Å²) < 4.78 is 11.1. The van der Waals surface area contributed by atoms with E-state index >= 15 is 0 Å². The maximum absolute atomic E-state index is 12.2. The van der Waals surface area contributed by atoms with E-state index in [0.717, 1.165) is 0 Å². The molecule has 0 atom stereocenters. The van der Waals surface area contributed by atoms with Crippen LogP contribution in [0.15, 0.2) is 60.7 Å². The highest BCUT2D eigenvalue weighted by atomic mass is 16.6. The number of nitro benzene ring substituents is 1. The molecule has 0 spiro atoms. The zero-order valence-corrected chi connectivity index (χ0v) is 18.4. The number of aryl methyl sites for hydroxylation is 1. The summed E-state index contributed by atoms with van der Waals surface area (Å²) in [7, 11) is 1.48. The zero-order valence-electron chi connectivity index (χ0n) is 18.4. The highest BCUT2D eigenvalue weighted by Crippen LogP contribution is 2.26. The van der Waals surface area contributed by atoms with Gasteiger partial charge in [0.2, 0.25) is 0 Å². The van der Waals surface area contributed by atoms with Crippen LogP contribution in [0.1, 0.15) is 26.3 Å². The summed E-state index contributed by atoms with van der Waals surface area (Å²) in [5.41, 5.74) is 1.35. The van der Waals surface area contributed by atoms with Crippen LogP contribution in [0.5, 0.6) is 17.2 Å². The van der Waals surface area contributed by atoms with Gasteiger partial charge in [-0.2, -0.15) is 0 Å². The Morgan fingerprint density at radius 3 is 2.29 bits per heavy atom. The minimum Gasteiger partial charge on any atom is -0.484 e. The van der Waals surface area contributed by atoms with Crippen LogP contribution in [0.3, 0.4) is 0 Å². The fraction of sp³-hybridized carbons (Fsp3) is 0.125. The molecule has 0 aromatic heterocycles. The Balaban J connectivity index is 1.57. The highest BCUT2D eigenvalue weighted by molar-refractivity contribution is 6.01. The number of carbonyl (C=O) groups excluding carboxylic acids is 3. The Morgan fingerprint density at radius 1 is 1.00 bits per heavy atom. The zero-order chi connectivity index (χ0) is 24.7. The second-order valence-corrected chi connectivity index (χ2v) is 7.11. The smallest absolute Gasteiger partial charge is 0.272 e. The van der Waals surface area contributed by atoms with Crippen LogP contribution in [0.4, 0.5) is 11.4 Å². The largest absolute Gasteiger partial charge is 0.484 e. The summed E-state index contributed by atoms with van der Waals surface area (Å²) in [6.07, 6.45) is 0.579. The number of anilines is 1. The molecule has 0 radical (unpaired) electrons. The molecule has 3 aromatic carbocycles. The number of nitro groups is 1. The molecule has 2 amide bonds. The number of carbonyl (C=O) groups is 3. The Labute approximate surface area is 194 Å². The van der Waals surface area contributed by atoms with Gasteiger partial charge in [-0.15, -0.1) is 0 Å². The highest BCUT2D eigenvalue weighted by Gasteiger charge is 2.13. The molecule has 0 aliphatic heterocycles. The summed E-state index contributed by atoms with van der Waals surface area (Å²) in [5, 5.41) is 16.0. The lowest BCUT2D eigenvalue weighted by Crippen LogP contribution is -2.20. The SMILES string of the molecule is CNC(=O)c1ccc(Oc2ccc(NC(=O)COc3ccc([N+](=O)[O-])c(C)c3)cc2)cc1C=O. The van der Waals surface area contributed by atoms with Crippen molar-refractivity contribution in [3.8, 4) is 17.2 Å². The lowest BCUT2D eigenvalue weighted by Gasteiger charge is -2.10. The molecule has 10 nitrogen and oxygen atoms in total. The van der Waals surface area contributed by atoms with E-state index in [0.29, 0.717) is 34.8 Å². The Bertz CT molecular complexity index is 1240. The third-order valence-corrected chi connectivity index (χ3v) is 4.73. The molecular weight excluding hydrogens is 442 g/mol. The topological polar surface area (TPSA) is 137 Å². The first kappa shape index (κ1) is 23.9. The van der Waals surface area contributed by atoms with Crippen molar-refractivity contribution in [3.63, 3.8) is 0 Å². The predicted molar refractivity (Wildman–Crippen MR) is 124 cm³/mol. The van der Waals surface area contributed by atoms with Crippen molar-refractivity contribution in [2.24, 2.45) is 0 Å². The van der Waals surface area contributed by atoms with Gasteiger partial charge in [0.15, 0.2) is 12.9 Å². The number of benzene rings is 3. The molecule has 174 valence electrons. The van der Waals surface area contributed by atoms with Crippen LogP contribution in [0, 0.1) is 17.0 Å². The van der Waals surface area contributed by atoms with Gasteiger partial charge in [-0.25, -0.2) is 0 Å². The molecule has 10 heteroatoms. The number of nitrogens with one attached hydrogen (secondary N) is 2. The first-order valence-electron chi connectivity index (χ1n) is 10.1. The molecule has 0 saturated heterocycles. The summed E-state index contributed by atoms with van der Waals surface area (Å²) >= 11 is 0. The average molecular weight is 463 g/mol. The van der Waals surface area contributed by atoms with Crippen LogP contribution < -0.4 is 20.1 Å². The third kappa shape index (κ3) is 5.94. The molecule has 0 aliphatic carbocycles. The molecule has 3 rings (SSSR count). The van der Waals surface area contributed by atoms with Crippen LogP contribution in [-0.2, 0) is 4.79 Å². The molecule has 34 heavy (non-hydrogen) atoms. The molecule has 0 unspecified atom stereocenters. The van der Waals surface area contributed by atoms with Gasteiger partial charge in [-0.3, -0.25) is 24.5 Å². The van der Waals surface area contributed by atoms with Crippen LogP contribution >= 0.6 is 0 Å². The molecule has 2 N–H and O–H groups in total. The van der Waals surface area contributed by atoms with E-state index in [1.165, 1.54) is 37.4 Å². The minimum absolute atomic E-state index is 0.0242. The summed E-state index contributed by atoms with van der Waals surface area (Å²) in [6, 6.07) is 15.3. The van der Waals surface area contributed by atoms with Gasteiger partial charge in [0, 0.05) is 29.9 Å². The van der Waals surface area contributed by atoms with E-state index in [4.69, 9.17) is 9.47 Å². The van der Waals surface area contributed by atoms with Crippen LogP contribution in [0.2, 0.25) is 0 Å². The molecule has 0 saturated carbocycles. The van der Waals surface area contributed by atoms with Gasteiger partial charge in [-0.1, -0.05) is 0 Å². The lowest BCUT2D eigenvalue weighted by molar-refractivity contribution is -0.385. The fourth-order valence-electron chi connectivity index (χ4n) is 3.05. The van der Waals surface area contributed by atoms with Gasteiger partial charge in [0.05, 0.1) is 10.5 Å². The Kier molecular flexibility index (Phi) is 7.55. The average Bonchev–Trinajstić information content (AvgIpc) is 2.83. The number of aldehydes is 1. The number of nitrogens with zero attached hydrogens (tertiary/aromatic N) is 1. The van der Waals surface area contributed by atoms with Gasteiger partial charge >= 0.3 is 0 Å². The first-order chi connectivity index (χ1) is 16.3. The normalized spacial score (nSPS) is 10.2. The van der Waals surface area contributed by atoms with E-state index < -0.39 is 10.8 Å². The van der Waals surface area contributed by atoms with Crippen molar-refractivity contribution in [3.05, 3.63) is 87.5 Å². The van der Waals surface area contributed by atoms with Gasteiger partial charge in [-0.05, 0) is 61.5 Å². The molecule has 0 heterocycles.